The number of ether oxygens (including phenoxy) is 2. The van der Waals surface area contributed by atoms with E-state index in [0.29, 0.717) is 23.1 Å². The number of nitrogens with zero attached hydrogens (tertiary/aromatic N) is 2. The molecular weight excluding hydrogens is 436 g/mol. The smallest absolute Gasteiger partial charge is 0.338 e. The first-order chi connectivity index (χ1) is 15.7. The monoisotopic (exact) mass is 464 g/mol. The SMILES string of the molecule is C=CC1CN2CCC1CC2[C@@H](OC(=O)c1ccc(OC)cc1)c1ccnc2ccccc12.Cl. The zero-order valence-electron chi connectivity index (χ0n) is 18.7. The number of benzene rings is 2. The van der Waals surface area contributed by atoms with Gasteiger partial charge >= 0.3 is 5.97 Å². The lowest BCUT2D eigenvalue weighted by atomic mass is 9.73. The molecule has 0 radical (unpaired) electrons. The Hall–Kier alpha value is -2.89. The average Bonchev–Trinajstić information content (AvgIpc) is 2.87. The normalized spacial score (nSPS) is 24.5. The second kappa shape index (κ2) is 9.94. The highest BCUT2D eigenvalue weighted by molar-refractivity contribution is 5.90. The zero-order chi connectivity index (χ0) is 22.1. The molecule has 3 aromatic rings. The average molecular weight is 465 g/mol. The third-order valence-electron chi connectivity index (χ3n) is 7.05. The lowest BCUT2D eigenvalue weighted by molar-refractivity contribution is -0.0568. The molecule has 6 rings (SSSR count). The van der Waals surface area contributed by atoms with Crippen molar-refractivity contribution in [1.82, 2.24) is 9.88 Å². The molecule has 5 nitrogen and oxygen atoms in total. The number of aromatic nitrogens is 1. The van der Waals surface area contributed by atoms with Gasteiger partial charge in [0.2, 0.25) is 0 Å². The summed E-state index contributed by atoms with van der Waals surface area (Å²) in [5, 5.41) is 1.03. The first kappa shape index (κ1) is 23.3. The summed E-state index contributed by atoms with van der Waals surface area (Å²) in [6, 6.07) is 17.3. The van der Waals surface area contributed by atoms with Crippen LogP contribution in [0.5, 0.6) is 5.75 Å². The van der Waals surface area contributed by atoms with Crippen molar-refractivity contribution in [3.63, 3.8) is 0 Å². The van der Waals surface area contributed by atoms with E-state index in [-0.39, 0.29) is 30.5 Å². The number of pyridine rings is 1. The number of esters is 1. The van der Waals surface area contributed by atoms with Crippen molar-refractivity contribution < 1.29 is 14.3 Å². The van der Waals surface area contributed by atoms with Crippen molar-refractivity contribution in [3.05, 3.63) is 84.6 Å². The van der Waals surface area contributed by atoms with Crippen molar-refractivity contribution in [2.24, 2.45) is 11.8 Å². The molecule has 3 aliphatic heterocycles. The zero-order valence-corrected chi connectivity index (χ0v) is 19.5. The lowest BCUT2D eigenvalue weighted by Gasteiger charge is -2.51. The van der Waals surface area contributed by atoms with Crippen molar-refractivity contribution in [2.75, 3.05) is 20.2 Å². The molecule has 4 heterocycles. The van der Waals surface area contributed by atoms with Gasteiger partial charge in [0.05, 0.1) is 24.2 Å². The molecule has 3 aliphatic rings. The van der Waals surface area contributed by atoms with Crippen LogP contribution in [0, 0.1) is 11.8 Å². The summed E-state index contributed by atoms with van der Waals surface area (Å²) in [6.45, 7) is 6.04. The van der Waals surface area contributed by atoms with Crippen molar-refractivity contribution in [3.8, 4) is 5.75 Å². The maximum atomic E-state index is 13.2. The Balaban J connectivity index is 0.00000259. The second-order valence-electron chi connectivity index (χ2n) is 8.72. The van der Waals surface area contributed by atoms with Crippen molar-refractivity contribution in [2.45, 2.75) is 25.0 Å². The number of hydrogen-bond acceptors (Lipinski definition) is 5. The number of methoxy groups -OCH3 is 1. The van der Waals surface area contributed by atoms with Crippen LogP contribution in [0.25, 0.3) is 10.9 Å². The summed E-state index contributed by atoms with van der Waals surface area (Å²) < 4.78 is 11.5. The topological polar surface area (TPSA) is 51.7 Å². The molecule has 3 saturated heterocycles. The highest BCUT2D eigenvalue weighted by atomic mass is 35.5. The molecule has 5 atom stereocenters. The van der Waals surface area contributed by atoms with Crippen LogP contribution >= 0.6 is 12.4 Å². The van der Waals surface area contributed by atoms with Gasteiger partial charge in [0.15, 0.2) is 0 Å². The highest BCUT2D eigenvalue weighted by Crippen LogP contribution is 2.43. The van der Waals surface area contributed by atoms with Crippen LogP contribution in [0.4, 0.5) is 0 Å². The number of fused-ring (bicyclic) bond motifs is 4. The minimum absolute atomic E-state index is 0. The lowest BCUT2D eigenvalue weighted by Crippen LogP contribution is -2.55. The number of para-hydroxylation sites is 1. The first-order valence-corrected chi connectivity index (χ1v) is 11.2. The van der Waals surface area contributed by atoms with Gasteiger partial charge < -0.3 is 9.47 Å². The fourth-order valence-corrected chi connectivity index (χ4v) is 5.32. The Kier molecular flexibility index (Phi) is 7.01. The molecule has 0 saturated carbocycles. The molecule has 2 aromatic carbocycles. The van der Waals surface area contributed by atoms with E-state index in [9.17, 15) is 4.79 Å². The van der Waals surface area contributed by atoms with Crippen LogP contribution in [0.1, 0.15) is 34.9 Å². The summed E-state index contributed by atoms with van der Waals surface area (Å²) in [5.41, 5.74) is 2.45. The van der Waals surface area contributed by atoms with E-state index >= 15 is 0 Å². The molecule has 6 heteroatoms. The van der Waals surface area contributed by atoms with Crippen molar-refractivity contribution >= 4 is 29.3 Å². The summed E-state index contributed by atoms with van der Waals surface area (Å²) in [5.74, 6) is 1.48. The maximum Gasteiger partial charge on any atom is 0.338 e. The van der Waals surface area contributed by atoms with Gasteiger partial charge in [-0.1, -0.05) is 24.3 Å². The Morgan fingerprint density at radius 1 is 1.18 bits per heavy atom. The van der Waals surface area contributed by atoms with Crippen LogP contribution in [0.15, 0.2) is 73.4 Å². The van der Waals surface area contributed by atoms with E-state index in [0.717, 1.165) is 36.0 Å². The minimum Gasteiger partial charge on any atom is -0.497 e. The van der Waals surface area contributed by atoms with Crippen LogP contribution in [-0.4, -0.2) is 42.1 Å². The molecule has 4 unspecified atom stereocenters. The van der Waals surface area contributed by atoms with E-state index in [2.05, 4.69) is 28.6 Å². The molecule has 3 fully saturated rings. The van der Waals surface area contributed by atoms with Gasteiger partial charge in [-0.3, -0.25) is 9.88 Å². The van der Waals surface area contributed by atoms with Crippen LogP contribution in [0.2, 0.25) is 0 Å². The van der Waals surface area contributed by atoms with E-state index in [1.165, 1.54) is 6.42 Å². The number of halogens is 1. The number of carbonyl (C=O) groups is 1. The largest absolute Gasteiger partial charge is 0.497 e. The third-order valence-corrected chi connectivity index (χ3v) is 7.05. The van der Waals surface area contributed by atoms with Gasteiger partial charge in [-0.05, 0) is 67.6 Å². The molecule has 0 spiro atoms. The Morgan fingerprint density at radius 3 is 2.67 bits per heavy atom. The molecule has 0 amide bonds. The van der Waals surface area contributed by atoms with Crippen LogP contribution in [0.3, 0.4) is 0 Å². The molecule has 0 N–H and O–H groups in total. The van der Waals surface area contributed by atoms with Crippen LogP contribution < -0.4 is 4.74 Å². The summed E-state index contributed by atoms with van der Waals surface area (Å²) in [6.07, 6.45) is 5.70. The quantitative estimate of drug-likeness (QED) is 0.358. The Labute approximate surface area is 200 Å². The van der Waals surface area contributed by atoms with Gasteiger partial charge in [-0.15, -0.1) is 19.0 Å². The predicted octanol–water partition coefficient (Wildman–Crippen LogP) is 5.46. The van der Waals surface area contributed by atoms with Gasteiger partial charge in [0, 0.05) is 23.7 Å². The highest BCUT2D eigenvalue weighted by Gasteiger charge is 2.44. The molecule has 33 heavy (non-hydrogen) atoms. The van der Waals surface area contributed by atoms with Gasteiger partial charge in [0.25, 0.3) is 0 Å². The molecular formula is C27H29ClN2O3. The number of piperidine rings is 3. The van der Waals surface area contributed by atoms with E-state index in [1.54, 1.807) is 31.4 Å². The van der Waals surface area contributed by atoms with E-state index in [1.807, 2.05) is 30.5 Å². The Bertz CT molecular complexity index is 1130. The number of rotatable bonds is 6. The number of hydrogen-bond donors (Lipinski definition) is 0. The molecule has 172 valence electrons. The van der Waals surface area contributed by atoms with Gasteiger partial charge in [0.1, 0.15) is 11.9 Å². The fourth-order valence-electron chi connectivity index (χ4n) is 5.32. The summed E-state index contributed by atoms with van der Waals surface area (Å²) in [7, 11) is 1.61. The molecule has 1 aromatic heterocycles. The van der Waals surface area contributed by atoms with Crippen molar-refractivity contribution in [1.29, 1.82) is 0 Å². The maximum absolute atomic E-state index is 13.2. The van der Waals surface area contributed by atoms with E-state index in [4.69, 9.17) is 9.47 Å². The summed E-state index contributed by atoms with van der Waals surface area (Å²) in [4.78, 5) is 20.2. The van der Waals surface area contributed by atoms with Crippen LogP contribution in [-0.2, 0) is 4.74 Å². The third kappa shape index (κ3) is 4.48. The first-order valence-electron chi connectivity index (χ1n) is 11.2. The van der Waals surface area contributed by atoms with Gasteiger partial charge in [-0.2, -0.15) is 0 Å². The van der Waals surface area contributed by atoms with Gasteiger partial charge in [-0.25, -0.2) is 4.79 Å². The molecule has 0 aliphatic carbocycles. The molecule has 2 bridgehead atoms. The predicted molar refractivity (Wildman–Crippen MR) is 132 cm³/mol. The van der Waals surface area contributed by atoms with E-state index < -0.39 is 0 Å². The minimum atomic E-state index is -0.369. The number of carbonyl (C=O) groups excluding carboxylic acids is 1. The Morgan fingerprint density at radius 2 is 1.97 bits per heavy atom. The summed E-state index contributed by atoms with van der Waals surface area (Å²) >= 11 is 0. The second-order valence-corrected chi connectivity index (χ2v) is 8.72. The standard InChI is InChI=1S/C27H28N2O3.ClH/c1-3-18-17-29-15-13-20(18)16-25(29)26(23-12-14-28-24-7-5-4-6-22(23)24)32-27(30)19-8-10-21(31-2)11-9-19;/h3-12,14,18,20,25-26H,1,13,15-17H2,2H3;1H/t18?,20?,25?,26-;/m0./s1. The fraction of sp³-hybridized carbons (Fsp3) is 0.333.